The third-order valence-corrected chi connectivity index (χ3v) is 6.58. The van der Waals surface area contributed by atoms with Crippen LogP contribution in [0.1, 0.15) is 83.0 Å². The number of hydrogen-bond acceptors (Lipinski definition) is 4. The summed E-state index contributed by atoms with van der Waals surface area (Å²) in [5.41, 5.74) is 2.96. The van der Waals surface area contributed by atoms with Crippen molar-refractivity contribution in [3.8, 4) is 0 Å². The standard InChI is InChI=1S/C20H30BNO3/c1-19(2)20(3,4)25-21(24-19)16-12-17(14-6-5-7-14)22-18(13-16)15-8-10-23-11-9-15/h12-15H,5-11H2,1-4H3. The van der Waals surface area contributed by atoms with E-state index in [1.807, 2.05) is 0 Å². The van der Waals surface area contributed by atoms with Gasteiger partial charge in [-0.25, -0.2) is 0 Å². The summed E-state index contributed by atoms with van der Waals surface area (Å²) in [5.74, 6) is 1.11. The molecular weight excluding hydrogens is 313 g/mol. The molecule has 0 aromatic carbocycles. The van der Waals surface area contributed by atoms with Crippen LogP contribution in [0.2, 0.25) is 0 Å². The van der Waals surface area contributed by atoms with E-state index in [1.54, 1.807) is 0 Å². The molecule has 1 aliphatic carbocycles. The minimum atomic E-state index is -0.309. The first-order chi connectivity index (χ1) is 11.9. The van der Waals surface area contributed by atoms with Crippen LogP contribution in [0.4, 0.5) is 0 Å². The number of aromatic nitrogens is 1. The van der Waals surface area contributed by atoms with Crippen molar-refractivity contribution in [2.24, 2.45) is 0 Å². The molecule has 1 saturated carbocycles. The molecule has 25 heavy (non-hydrogen) atoms. The van der Waals surface area contributed by atoms with E-state index in [2.05, 4.69) is 39.8 Å². The van der Waals surface area contributed by atoms with Crippen molar-refractivity contribution in [2.75, 3.05) is 13.2 Å². The second-order valence-electron chi connectivity index (χ2n) is 8.85. The molecule has 2 saturated heterocycles. The van der Waals surface area contributed by atoms with E-state index in [1.165, 1.54) is 30.7 Å². The predicted octanol–water partition coefficient (Wildman–Crippen LogP) is 3.54. The van der Waals surface area contributed by atoms with Crippen molar-refractivity contribution in [1.82, 2.24) is 4.98 Å². The largest absolute Gasteiger partial charge is 0.494 e. The van der Waals surface area contributed by atoms with Crippen molar-refractivity contribution in [3.63, 3.8) is 0 Å². The normalized spacial score (nSPS) is 26.6. The summed E-state index contributed by atoms with van der Waals surface area (Å²) >= 11 is 0. The van der Waals surface area contributed by atoms with Gasteiger partial charge in [-0.05, 0) is 71.0 Å². The van der Waals surface area contributed by atoms with Gasteiger partial charge in [0.25, 0.3) is 0 Å². The van der Waals surface area contributed by atoms with Crippen LogP contribution in [0.25, 0.3) is 0 Å². The maximum atomic E-state index is 6.30. The van der Waals surface area contributed by atoms with Crippen LogP contribution in [0, 0.1) is 0 Å². The molecule has 0 atom stereocenters. The minimum absolute atomic E-state index is 0.301. The molecule has 0 spiro atoms. The summed E-state index contributed by atoms with van der Waals surface area (Å²) < 4.78 is 18.1. The first-order valence-corrected chi connectivity index (χ1v) is 9.81. The fourth-order valence-electron chi connectivity index (χ4n) is 3.83. The Bertz CT molecular complexity index is 620. The van der Waals surface area contributed by atoms with Crippen molar-refractivity contribution in [3.05, 3.63) is 23.5 Å². The zero-order chi connectivity index (χ0) is 17.7. The smallest absolute Gasteiger partial charge is 0.399 e. The van der Waals surface area contributed by atoms with Gasteiger partial charge in [0.2, 0.25) is 0 Å². The Labute approximate surface area is 151 Å². The molecule has 2 aliphatic heterocycles. The van der Waals surface area contributed by atoms with Gasteiger partial charge in [-0.1, -0.05) is 6.42 Å². The van der Waals surface area contributed by atoms with Crippen molar-refractivity contribution < 1.29 is 14.0 Å². The third-order valence-electron chi connectivity index (χ3n) is 6.58. The molecule has 1 aromatic heterocycles. The lowest BCUT2D eigenvalue weighted by atomic mass is 9.75. The van der Waals surface area contributed by atoms with E-state index in [-0.39, 0.29) is 18.3 Å². The van der Waals surface area contributed by atoms with E-state index in [0.29, 0.717) is 11.8 Å². The average Bonchev–Trinajstić information content (AvgIpc) is 2.74. The molecule has 4 rings (SSSR count). The van der Waals surface area contributed by atoms with Gasteiger partial charge in [-0.2, -0.15) is 0 Å². The topological polar surface area (TPSA) is 40.6 Å². The molecule has 3 heterocycles. The van der Waals surface area contributed by atoms with Gasteiger partial charge >= 0.3 is 7.12 Å². The van der Waals surface area contributed by atoms with E-state index >= 15 is 0 Å². The van der Waals surface area contributed by atoms with Crippen LogP contribution < -0.4 is 5.46 Å². The molecule has 0 bridgehead atoms. The van der Waals surface area contributed by atoms with Gasteiger partial charge in [-0.15, -0.1) is 0 Å². The summed E-state index contributed by atoms with van der Waals surface area (Å²) in [6, 6.07) is 4.45. The van der Waals surface area contributed by atoms with Gasteiger partial charge in [0.05, 0.1) is 11.2 Å². The van der Waals surface area contributed by atoms with Gasteiger partial charge in [-0.3, -0.25) is 4.98 Å². The molecule has 0 radical (unpaired) electrons. The lowest BCUT2D eigenvalue weighted by Crippen LogP contribution is -2.41. The maximum absolute atomic E-state index is 6.30. The van der Waals surface area contributed by atoms with Gasteiger partial charge < -0.3 is 14.0 Å². The highest BCUT2D eigenvalue weighted by Crippen LogP contribution is 2.39. The molecule has 1 aromatic rings. The Morgan fingerprint density at radius 2 is 1.40 bits per heavy atom. The molecular formula is C20H30BNO3. The van der Waals surface area contributed by atoms with Crippen LogP contribution in [-0.2, 0) is 14.0 Å². The summed E-state index contributed by atoms with van der Waals surface area (Å²) in [4.78, 5) is 5.06. The van der Waals surface area contributed by atoms with Crippen LogP contribution >= 0.6 is 0 Å². The Morgan fingerprint density at radius 3 is 1.88 bits per heavy atom. The Balaban J connectivity index is 1.66. The lowest BCUT2D eigenvalue weighted by molar-refractivity contribution is 0.00578. The molecule has 136 valence electrons. The van der Waals surface area contributed by atoms with Crippen LogP contribution in [0.15, 0.2) is 12.1 Å². The quantitative estimate of drug-likeness (QED) is 0.787. The highest BCUT2D eigenvalue weighted by molar-refractivity contribution is 6.62. The molecule has 3 fully saturated rings. The Morgan fingerprint density at radius 1 is 0.880 bits per heavy atom. The number of nitrogens with zero attached hydrogens (tertiary/aromatic N) is 1. The first kappa shape index (κ1) is 17.5. The summed E-state index contributed by atoms with van der Waals surface area (Å²) in [6.07, 6.45) is 5.95. The van der Waals surface area contributed by atoms with Gasteiger partial charge in [0, 0.05) is 36.4 Å². The lowest BCUT2D eigenvalue weighted by Gasteiger charge is -2.32. The highest BCUT2D eigenvalue weighted by Gasteiger charge is 2.52. The van der Waals surface area contributed by atoms with Crippen LogP contribution in [0.5, 0.6) is 0 Å². The van der Waals surface area contributed by atoms with Gasteiger partial charge in [0.1, 0.15) is 0 Å². The fourth-order valence-corrected chi connectivity index (χ4v) is 3.83. The first-order valence-electron chi connectivity index (χ1n) is 9.81. The van der Waals surface area contributed by atoms with Crippen molar-refractivity contribution in [1.29, 1.82) is 0 Å². The molecule has 0 N–H and O–H groups in total. The zero-order valence-corrected chi connectivity index (χ0v) is 16.0. The fraction of sp³-hybridized carbons (Fsp3) is 0.750. The monoisotopic (exact) mass is 343 g/mol. The summed E-state index contributed by atoms with van der Waals surface area (Å²) in [5, 5.41) is 0. The number of pyridine rings is 1. The number of hydrogen-bond donors (Lipinski definition) is 0. The molecule has 0 unspecified atom stereocenters. The van der Waals surface area contributed by atoms with E-state index in [4.69, 9.17) is 19.0 Å². The second-order valence-corrected chi connectivity index (χ2v) is 8.85. The maximum Gasteiger partial charge on any atom is 0.494 e. The Kier molecular flexibility index (Phi) is 4.46. The van der Waals surface area contributed by atoms with Crippen LogP contribution in [-0.4, -0.2) is 36.5 Å². The minimum Gasteiger partial charge on any atom is -0.399 e. The molecule has 0 amide bonds. The van der Waals surface area contributed by atoms with E-state index < -0.39 is 0 Å². The number of ether oxygens (including phenoxy) is 1. The zero-order valence-electron chi connectivity index (χ0n) is 16.0. The second kappa shape index (κ2) is 6.36. The summed E-state index contributed by atoms with van der Waals surface area (Å²) in [6.45, 7) is 10.1. The van der Waals surface area contributed by atoms with Crippen molar-refractivity contribution in [2.45, 2.75) is 82.8 Å². The molecule has 5 heteroatoms. The van der Waals surface area contributed by atoms with Crippen LogP contribution in [0.3, 0.4) is 0 Å². The Hall–Kier alpha value is -0.905. The SMILES string of the molecule is CC1(C)OB(c2cc(C3CCC3)nc(C3CCOCC3)c2)OC1(C)C. The molecule has 3 aliphatic rings. The van der Waals surface area contributed by atoms with E-state index in [0.717, 1.165) is 31.5 Å². The average molecular weight is 343 g/mol. The highest BCUT2D eigenvalue weighted by atomic mass is 16.7. The van der Waals surface area contributed by atoms with E-state index in [9.17, 15) is 0 Å². The summed E-state index contributed by atoms with van der Waals surface area (Å²) in [7, 11) is -0.301. The third kappa shape index (κ3) is 3.27. The van der Waals surface area contributed by atoms with Gasteiger partial charge in [0.15, 0.2) is 0 Å². The molecule has 4 nitrogen and oxygen atoms in total. The predicted molar refractivity (Wildman–Crippen MR) is 99.3 cm³/mol. The van der Waals surface area contributed by atoms with Crippen molar-refractivity contribution >= 4 is 12.6 Å². The number of rotatable bonds is 3.